The molecule has 0 saturated carbocycles. The first-order chi connectivity index (χ1) is 7.19. The van der Waals surface area contributed by atoms with Gasteiger partial charge in [0.1, 0.15) is 4.93 Å². The average molecular weight is 228 g/mol. The minimum absolute atomic E-state index is 0.0796. The molecule has 2 nitrogen and oxygen atoms in total. The maximum absolute atomic E-state index is 9.97. The molecular weight excluding hydrogens is 208 g/mol. The summed E-state index contributed by atoms with van der Waals surface area (Å²) in [4.78, 5) is -0.0796. The molecular formula is C12H20O2S. The monoisotopic (exact) mass is 228 g/mol. The van der Waals surface area contributed by atoms with Crippen molar-refractivity contribution in [3.8, 4) is 0 Å². The number of aliphatic hydroxyl groups is 1. The van der Waals surface area contributed by atoms with E-state index >= 15 is 0 Å². The fraction of sp³-hybridized carbons (Fsp3) is 0.833. The van der Waals surface area contributed by atoms with Gasteiger partial charge in [-0.25, -0.2) is 0 Å². The van der Waals surface area contributed by atoms with Crippen LogP contribution < -0.4 is 0 Å². The third kappa shape index (κ3) is 1.97. The summed E-state index contributed by atoms with van der Waals surface area (Å²) in [5.41, 5.74) is 2.53. The minimum Gasteiger partial charge on any atom is -0.389 e. The van der Waals surface area contributed by atoms with Gasteiger partial charge in [0.15, 0.2) is 0 Å². The van der Waals surface area contributed by atoms with Crippen LogP contribution in [0, 0.1) is 0 Å². The smallest absolute Gasteiger partial charge is 0.135 e. The Bertz CT molecular complexity index is 267. The quantitative estimate of drug-likeness (QED) is 0.737. The van der Waals surface area contributed by atoms with E-state index in [1.807, 2.05) is 18.7 Å². The van der Waals surface area contributed by atoms with Crippen molar-refractivity contribution in [2.24, 2.45) is 0 Å². The van der Waals surface area contributed by atoms with Crippen molar-refractivity contribution < 1.29 is 9.84 Å². The summed E-state index contributed by atoms with van der Waals surface area (Å²) >= 11 is 1.91. The Morgan fingerprint density at radius 1 is 1.60 bits per heavy atom. The topological polar surface area (TPSA) is 29.5 Å². The van der Waals surface area contributed by atoms with Crippen molar-refractivity contribution in [2.75, 3.05) is 12.4 Å². The van der Waals surface area contributed by atoms with Crippen molar-refractivity contribution in [2.45, 2.75) is 50.6 Å². The number of ether oxygens (including phenoxy) is 1. The molecule has 1 heterocycles. The van der Waals surface area contributed by atoms with Crippen molar-refractivity contribution in [1.29, 1.82) is 0 Å². The van der Waals surface area contributed by atoms with E-state index in [4.69, 9.17) is 4.74 Å². The first kappa shape index (κ1) is 11.5. The standard InChI is InChI=1S/C12H20O2S/c1-3-11(13)10-5-4-6-12(9(10)2)14-7-8-15-12/h11,13H,3-8H2,1-2H3/t11-,12-/m1/s1. The molecule has 0 unspecified atom stereocenters. The molecule has 1 aliphatic carbocycles. The molecule has 0 amide bonds. The SMILES string of the molecule is CC[C@@H](O)C1=C(C)[C@]2(CCC1)OCCS2. The fourth-order valence-corrected chi connectivity index (χ4v) is 3.91. The molecule has 1 aliphatic heterocycles. The Labute approximate surface area is 96.1 Å². The van der Waals surface area contributed by atoms with Gasteiger partial charge in [-0.3, -0.25) is 0 Å². The van der Waals surface area contributed by atoms with Crippen LogP contribution in [0.3, 0.4) is 0 Å². The van der Waals surface area contributed by atoms with Gasteiger partial charge in [0.2, 0.25) is 0 Å². The lowest BCUT2D eigenvalue weighted by Gasteiger charge is -2.36. The third-order valence-corrected chi connectivity index (χ3v) is 5.01. The van der Waals surface area contributed by atoms with Gasteiger partial charge in [0, 0.05) is 5.75 Å². The Balaban J connectivity index is 2.28. The largest absolute Gasteiger partial charge is 0.389 e. The van der Waals surface area contributed by atoms with Crippen LogP contribution in [-0.4, -0.2) is 28.5 Å². The van der Waals surface area contributed by atoms with Gasteiger partial charge in [0.05, 0.1) is 12.7 Å². The maximum Gasteiger partial charge on any atom is 0.135 e. The van der Waals surface area contributed by atoms with Crippen molar-refractivity contribution in [3.05, 3.63) is 11.1 Å². The van der Waals surface area contributed by atoms with Crippen LogP contribution in [-0.2, 0) is 4.74 Å². The number of thioether (sulfide) groups is 1. The maximum atomic E-state index is 9.97. The highest BCUT2D eigenvalue weighted by Crippen LogP contribution is 2.48. The van der Waals surface area contributed by atoms with E-state index in [0.717, 1.165) is 38.0 Å². The summed E-state index contributed by atoms with van der Waals surface area (Å²) in [6.45, 7) is 5.04. The predicted octanol–water partition coefficient (Wildman–Crippen LogP) is 2.72. The van der Waals surface area contributed by atoms with E-state index in [9.17, 15) is 5.11 Å². The van der Waals surface area contributed by atoms with E-state index in [1.54, 1.807) is 0 Å². The molecule has 1 spiro atoms. The summed E-state index contributed by atoms with van der Waals surface area (Å²) in [6.07, 6.45) is 3.87. The van der Waals surface area contributed by atoms with Crippen LogP contribution in [0.5, 0.6) is 0 Å². The number of aliphatic hydroxyl groups excluding tert-OH is 1. The first-order valence-corrected chi connectivity index (χ1v) is 6.84. The second kappa shape index (κ2) is 4.48. The van der Waals surface area contributed by atoms with E-state index in [2.05, 4.69) is 6.92 Å². The fourth-order valence-electron chi connectivity index (χ4n) is 2.61. The molecule has 0 aromatic rings. The molecule has 0 bridgehead atoms. The molecule has 1 fully saturated rings. The molecule has 3 heteroatoms. The summed E-state index contributed by atoms with van der Waals surface area (Å²) in [6, 6.07) is 0. The zero-order chi connectivity index (χ0) is 10.9. The molecule has 86 valence electrons. The Morgan fingerprint density at radius 3 is 3.00 bits per heavy atom. The van der Waals surface area contributed by atoms with Gasteiger partial charge in [0.25, 0.3) is 0 Å². The molecule has 1 saturated heterocycles. The summed E-state index contributed by atoms with van der Waals surface area (Å²) in [5.74, 6) is 1.09. The van der Waals surface area contributed by atoms with Crippen LogP contribution in [0.4, 0.5) is 0 Å². The highest BCUT2D eigenvalue weighted by molar-refractivity contribution is 8.00. The Hall–Kier alpha value is 0.01000. The predicted molar refractivity (Wildman–Crippen MR) is 64.0 cm³/mol. The van der Waals surface area contributed by atoms with Gasteiger partial charge < -0.3 is 9.84 Å². The lowest BCUT2D eigenvalue weighted by atomic mass is 9.86. The van der Waals surface area contributed by atoms with Crippen molar-refractivity contribution in [1.82, 2.24) is 0 Å². The highest BCUT2D eigenvalue weighted by atomic mass is 32.2. The van der Waals surface area contributed by atoms with Crippen LogP contribution in [0.15, 0.2) is 11.1 Å². The van der Waals surface area contributed by atoms with Gasteiger partial charge in [-0.1, -0.05) is 6.92 Å². The lowest BCUT2D eigenvalue weighted by molar-refractivity contribution is 0.0613. The van der Waals surface area contributed by atoms with E-state index in [-0.39, 0.29) is 11.0 Å². The van der Waals surface area contributed by atoms with Gasteiger partial charge in [-0.05, 0) is 43.8 Å². The summed E-state index contributed by atoms with van der Waals surface area (Å²) in [5, 5.41) is 9.97. The normalized spacial score (nSPS) is 33.8. The van der Waals surface area contributed by atoms with E-state index in [0.29, 0.717) is 0 Å². The zero-order valence-corrected chi connectivity index (χ0v) is 10.4. The van der Waals surface area contributed by atoms with Crippen LogP contribution in [0.25, 0.3) is 0 Å². The number of hydrogen-bond donors (Lipinski definition) is 1. The molecule has 0 radical (unpaired) electrons. The molecule has 1 N–H and O–H groups in total. The Morgan fingerprint density at radius 2 is 2.40 bits per heavy atom. The average Bonchev–Trinajstić information content (AvgIpc) is 2.71. The van der Waals surface area contributed by atoms with Crippen LogP contribution in [0.1, 0.15) is 39.5 Å². The third-order valence-electron chi connectivity index (χ3n) is 3.55. The Kier molecular flexibility index (Phi) is 3.43. The molecule has 15 heavy (non-hydrogen) atoms. The first-order valence-electron chi connectivity index (χ1n) is 5.85. The van der Waals surface area contributed by atoms with Gasteiger partial charge >= 0.3 is 0 Å². The summed E-state index contributed by atoms with van der Waals surface area (Å²) in [7, 11) is 0. The molecule has 0 aromatic heterocycles. The van der Waals surface area contributed by atoms with E-state index < -0.39 is 0 Å². The summed E-state index contributed by atoms with van der Waals surface area (Å²) < 4.78 is 5.91. The van der Waals surface area contributed by atoms with Crippen molar-refractivity contribution in [3.63, 3.8) is 0 Å². The van der Waals surface area contributed by atoms with Gasteiger partial charge in [-0.2, -0.15) is 0 Å². The molecule has 2 aliphatic rings. The molecule has 2 rings (SSSR count). The molecule has 0 aromatic carbocycles. The van der Waals surface area contributed by atoms with Gasteiger partial charge in [-0.15, -0.1) is 11.8 Å². The molecule has 2 atom stereocenters. The highest BCUT2D eigenvalue weighted by Gasteiger charge is 2.41. The van der Waals surface area contributed by atoms with Crippen LogP contribution in [0.2, 0.25) is 0 Å². The van der Waals surface area contributed by atoms with Crippen molar-refractivity contribution >= 4 is 11.8 Å². The number of rotatable bonds is 2. The van der Waals surface area contributed by atoms with Crippen LogP contribution >= 0.6 is 11.8 Å². The minimum atomic E-state index is -0.257. The number of hydrogen-bond acceptors (Lipinski definition) is 3. The lowest BCUT2D eigenvalue weighted by Crippen LogP contribution is -2.32. The second-order valence-electron chi connectivity index (χ2n) is 4.38. The van der Waals surface area contributed by atoms with E-state index in [1.165, 1.54) is 11.1 Å². The second-order valence-corrected chi connectivity index (χ2v) is 5.73. The zero-order valence-electron chi connectivity index (χ0n) is 9.58.